The Balaban J connectivity index is 1.78. The van der Waals surface area contributed by atoms with Crippen LogP contribution in [0.25, 0.3) is 6.08 Å². The maximum Gasteiger partial charge on any atom is 0.251 e. The Morgan fingerprint density at radius 1 is 1.12 bits per heavy atom. The maximum atomic E-state index is 12.2. The number of rotatable bonds is 4. The number of nitrogens with two attached hydrogens (primary N) is 2. The van der Waals surface area contributed by atoms with E-state index in [2.05, 4.69) is 5.32 Å². The minimum absolute atomic E-state index is 0.284. The summed E-state index contributed by atoms with van der Waals surface area (Å²) in [5, 5.41) is 3.35. The number of nitrogen functional groups attached to an aromatic ring is 1. The van der Waals surface area contributed by atoms with E-state index in [-0.39, 0.29) is 5.91 Å². The predicted octanol–water partition coefficient (Wildman–Crippen LogP) is 2.96. The predicted molar refractivity (Wildman–Crippen MR) is 98.0 cm³/mol. The highest BCUT2D eigenvalue weighted by Gasteiger charge is 2.24. The minimum atomic E-state index is -0.479. The van der Waals surface area contributed by atoms with Gasteiger partial charge in [-0.3, -0.25) is 9.59 Å². The van der Waals surface area contributed by atoms with E-state index < -0.39 is 5.91 Å². The standard InChI is InChI=1S/C18H19N3O2S/c19-12-8-5-11(6-9-12)7-10-15(22)21-18-16(17(20)23)13-3-1-2-4-14(13)24-18/h5-10H,1-4,19H2,(H2,20,23)(H,21,22)/b10-7+. The molecule has 24 heavy (non-hydrogen) atoms. The van der Waals surface area contributed by atoms with Crippen LogP contribution in [0.15, 0.2) is 30.3 Å². The zero-order valence-electron chi connectivity index (χ0n) is 13.2. The lowest BCUT2D eigenvalue weighted by molar-refractivity contribution is -0.111. The molecule has 0 spiro atoms. The van der Waals surface area contributed by atoms with Crippen LogP contribution in [0.3, 0.4) is 0 Å². The zero-order valence-corrected chi connectivity index (χ0v) is 14.0. The summed E-state index contributed by atoms with van der Waals surface area (Å²) in [5.74, 6) is -0.764. The topological polar surface area (TPSA) is 98.2 Å². The van der Waals surface area contributed by atoms with Gasteiger partial charge in [-0.1, -0.05) is 12.1 Å². The van der Waals surface area contributed by atoms with E-state index in [4.69, 9.17) is 11.5 Å². The van der Waals surface area contributed by atoms with Crippen LogP contribution in [0, 0.1) is 0 Å². The van der Waals surface area contributed by atoms with E-state index in [1.807, 2.05) is 12.1 Å². The molecule has 0 saturated carbocycles. The second-order valence-corrected chi connectivity index (χ2v) is 6.87. The fraction of sp³-hybridized carbons (Fsp3) is 0.222. The number of carbonyl (C=O) groups excluding carboxylic acids is 2. The van der Waals surface area contributed by atoms with Gasteiger partial charge >= 0.3 is 0 Å². The Bertz CT molecular complexity index is 806. The van der Waals surface area contributed by atoms with Crippen LogP contribution >= 0.6 is 11.3 Å². The number of thiophene rings is 1. The van der Waals surface area contributed by atoms with E-state index in [0.29, 0.717) is 16.3 Å². The summed E-state index contributed by atoms with van der Waals surface area (Å²) in [6.45, 7) is 0. The van der Waals surface area contributed by atoms with Crippen molar-refractivity contribution in [3.05, 3.63) is 51.9 Å². The molecule has 0 saturated heterocycles. The molecular formula is C18H19N3O2S. The van der Waals surface area contributed by atoms with Crippen LogP contribution in [0.2, 0.25) is 0 Å². The van der Waals surface area contributed by atoms with E-state index in [9.17, 15) is 9.59 Å². The molecule has 2 amide bonds. The van der Waals surface area contributed by atoms with Gasteiger partial charge in [0, 0.05) is 16.6 Å². The monoisotopic (exact) mass is 341 g/mol. The number of hydrogen-bond acceptors (Lipinski definition) is 4. The van der Waals surface area contributed by atoms with E-state index in [0.717, 1.165) is 41.7 Å². The number of primary amides is 1. The summed E-state index contributed by atoms with van der Waals surface area (Å²) in [5.41, 5.74) is 14.2. The van der Waals surface area contributed by atoms with E-state index in [1.165, 1.54) is 17.4 Å². The summed E-state index contributed by atoms with van der Waals surface area (Å²) in [4.78, 5) is 25.1. The zero-order chi connectivity index (χ0) is 17.1. The number of hydrogen-bond donors (Lipinski definition) is 3. The van der Waals surface area contributed by atoms with Crippen molar-refractivity contribution in [1.29, 1.82) is 0 Å². The number of fused-ring (bicyclic) bond motifs is 1. The molecule has 1 heterocycles. The number of carbonyl (C=O) groups is 2. The van der Waals surface area contributed by atoms with Gasteiger partial charge in [0.1, 0.15) is 5.00 Å². The highest BCUT2D eigenvalue weighted by molar-refractivity contribution is 7.17. The summed E-state index contributed by atoms with van der Waals surface area (Å²) < 4.78 is 0. The molecule has 0 unspecified atom stereocenters. The van der Waals surface area contributed by atoms with Crippen molar-refractivity contribution in [3.63, 3.8) is 0 Å². The van der Waals surface area contributed by atoms with Crippen molar-refractivity contribution >= 4 is 39.9 Å². The van der Waals surface area contributed by atoms with Gasteiger partial charge in [0.25, 0.3) is 5.91 Å². The van der Waals surface area contributed by atoms with Gasteiger partial charge in [0.2, 0.25) is 5.91 Å². The number of nitrogens with one attached hydrogen (secondary N) is 1. The molecule has 3 rings (SSSR count). The van der Waals surface area contributed by atoms with Crippen molar-refractivity contribution < 1.29 is 9.59 Å². The maximum absolute atomic E-state index is 12.2. The summed E-state index contributed by atoms with van der Waals surface area (Å²) >= 11 is 1.46. The summed E-state index contributed by atoms with van der Waals surface area (Å²) in [6, 6.07) is 7.21. The largest absolute Gasteiger partial charge is 0.399 e. The van der Waals surface area contributed by atoms with Crippen LogP contribution in [-0.2, 0) is 17.6 Å². The highest BCUT2D eigenvalue weighted by atomic mass is 32.1. The van der Waals surface area contributed by atoms with Crippen LogP contribution in [-0.4, -0.2) is 11.8 Å². The first kappa shape index (κ1) is 16.3. The molecule has 0 aliphatic heterocycles. The lowest BCUT2D eigenvalue weighted by Crippen LogP contribution is -2.17. The third-order valence-corrected chi connectivity index (χ3v) is 5.23. The molecule has 6 heteroatoms. The normalized spacial score (nSPS) is 13.7. The third kappa shape index (κ3) is 3.49. The number of anilines is 2. The lowest BCUT2D eigenvalue weighted by atomic mass is 9.95. The van der Waals surface area contributed by atoms with Gasteiger partial charge < -0.3 is 16.8 Å². The molecule has 0 fully saturated rings. The van der Waals surface area contributed by atoms with Crippen LogP contribution < -0.4 is 16.8 Å². The molecule has 0 bridgehead atoms. The SMILES string of the molecule is NC(=O)c1c(NC(=O)/C=C/c2ccc(N)cc2)sc2c1CCCC2. The van der Waals surface area contributed by atoms with Gasteiger partial charge in [-0.25, -0.2) is 0 Å². The van der Waals surface area contributed by atoms with Crippen molar-refractivity contribution in [1.82, 2.24) is 0 Å². The molecule has 5 N–H and O–H groups in total. The smallest absolute Gasteiger partial charge is 0.251 e. The van der Waals surface area contributed by atoms with Crippen molar-refractivity contribution in [2.24, 2.45) is 5.73 Å². The van der Waals surface area contributed by atoms with Crippen LogP contribution in [0.5, 0.6) is 0 Å². The molecule has 1 aromatic heterocycles. The lowest BCUT2D eigenvalue weighted by Gasteiger charge is -2.11. The molecule has 0 radical (unpaired) electrons. The third-order valence-electron chi connectivity index (χ3n) is 4.02. The molecule has 5 nitrogen and oxygen atoms in total. The van der Waals surface area contributed by atoms with E-state index >= 15 is 0 Å². The van der Waals surface area contributed by atoms with Gasteiger partial charge in [-0.05, 0) is 55.0 Å². The van der Waals surface area contributed by atoms with Gasteiger partial charge in [0.15, 0.2) is 0 Å². The van der Waals surface area contributed by atoms with Crippen LogP contribution in [0.1, 0.15) is 39.2 Å². The first-order valence-corrected chi connectivity index (χ1v) is 8.65. The van der Waals surface area contributed by atoms with Gasteiger partial charge in [-0.15, -0.1) is 11.3 Å². The Hall–Kier alpha value is -2.60. The fourth-order valence-electron chi connectivity index (χ4n) is 2.85. The quantitative estimate of drug-likeness (QED) is 0.589. The average Bonchev–Trinajstić information content (AvgIpc) is 2.92. The second kappa shape index (κ2) is 6.88. The van der Waals surface area contributed by atoms with E-state index in [1.54, 1.807) is 18.2 Å². The number of benzene rings is 1. The number of aryl methyl sites for hydroxylation is 1. The second-order valence-electron chi connectivity index (χ2n) is 5.77. The van der Waals surface area contributed by atoms with Crippen molar-refractivity contribution in [2.75, 3.05) is 11.1 Å². The molecule has 1 aliphatic rings. The van der Waals surface area contributed by atoms with Crippen molar-refractivity contribution in [3.8, 4) is 0 Å². The minimum Gasteiger partial charge on any atom is -0.399 e. The van der Waals surface area contributed by atoms with Crippen molar-refractivity contribution in [2.45, 2.75) is 25.7 Å². The summed E-state index contributed by atoms with van der Waals surface area (Å²) in [6.07, 6.45) is 7.09. The molecular weight excluding hydrogens is 322 g/mol. The Labute approximate surface area is 144 Å². The first-order chi connectivity index (χ1) is 11.5. The summed E-state index contributed by atoms with van der Waals surface area (Å²) in [7, 11) is 0. The molecule has 0 atom stereocenters. The Kier molecular flexibility index (Phi) is 4.66. The highest BCUT2D eigenvalue weighted by Crippen LogP contribution is 2.37. The first-order valence-electron chi connectivity index (χ1n) is 7.83. The number of amides is 2. The van der Waals surface area contributed by atoms with Crippen LogP contribution in [0.4, 0.5) is 10.7 Å². The molecule has 124 valence electrons. The molecule has 1 aliphatic carbocycles. The Morgan fingerprint density at radius 3 is 2.54 bits per heavy atom. The fourth-order valence-corrected chi connectivity index (χ4v) is 4.14. The molecule has 1 aromatic carbocycles. The average molecular weight is 341 g/mol. The Morgan fingerprint density at radius 2 is 1.83 bits per heavy atom. The van der Waals surface area contributed by atoms with Gasteiger partial charge in [-0.2, -0.15) is 0 Å². The molecule has 2 aromatic rings. The van der Waals surface area contributed by atoms with Gasteiger partial charge in [0.05, 0.1) is 5.56 Å².